The van der Waals surface area contributed by atoms with Gasteiger partial charge in [-0.1, -0.05) is 11.6 Å². The molecule has 1 aliphatic rings. The van der Waals surface area contributed by atoms with Crippen LogP contribution >= 0.6 is 11.6 Å². The van der Waals surface area contributed by atoms with Gasteiger partial charge >= 0.3 is 0 Å². The van der Waals surface area contributed by atoms with Crippen molar-refractivity contribution >= 4 is 17.3 Å². The first-order valence-corrected chi connectivity index (χ1v) is 5.73. The third-order valence-corrected chi connectivity index (χ3v) is 3.41. The van der Waals surface area contributed by atoms with Crippen molar-refractivity contribution in [3.8, 4) is 0 Å². The summed E-state index contributed by atoms with van der Waals surface area (Å²) >= 11 is 5.96. The predicted octanol–water partition coefficient (Wildman–Crippen LogP) is 1.86. The molecule has 0 amide bonds. The van der Waals surface area contributed by atoms with Crippen LogP contribution in [-0.2, 0) is 6.54 Å². The number of hydrogen-bond acceptors (Lipinski definition) is 4. The Morgan fingerprint density at radius 2 is 2.24 bits per heavy atom. The zero-order valence-electron chi connectivity index (χ0n) is 9.15. The van der Waals surface area contributed by atoms with E-state index >= 15 is 0 Å². The molecule has 5 nitrogen and oxygen atoms in total. The van der Waals surface area contributed by atoms with E-state index in [1.807, 2.05) is 0 Å². The van der Waals surface area contributed by atoms with Crippen molar-refractivity contribution in [2.75, 3.05) is 6.61 Å². The first-order valence-electron chi connectivity index (χ1n) is 5.35. The SMILES string of the molecule is O=[N+]([O-])c1ccc(CNC2(CO)CC2)c(Cl)c1. The number of non-ortho nitro benzene ring substituents is 1. The quantitative estimate of drug-likeness (QED) is 0.623. The van der Waals surface area contributed by atoms with Gasteiger partial charge in [-0.15, -0.1) is 0 Å². The molecule has 0 unspecified atom stereocenters. The minimum absolute atomic E-state index is 0.0120. The van der Waals surface area contributed by atoms with Crippen molar-refractivity contribution in [1.82, 2.24) is 5.32 Å². The average Bonchev–Trinajstić information content (AvgIpc) is 3.08. The van der Waals surface area contributed by atoms with Gasteiger partial charge in [-0.2, -0.15) is 0 Å². The van der Waals surface area contributed by atoms with Gasteiger partial charge in [0.2, 0.25) is 0 Å². The molecule has 2 N–H and O–H groups in total. The third-order valence-electron chi connectivity index (χ3n) is 3.06. The van der Waals surface area contributed by atoms with Gasteiger partial charge in [0.05, 0.1) is 16.6 Å². The lowest BCUT2D eigenvalue weighted by molar-refractivity contribution is -0.384. The summed E-state index contributed by atoms with van der Waals surface area (Å²) in [7, 11) is 0. The normalized spacial score (nSPS) is 16.8. The standard InChI is InChI=1S/C11H13ClN2O3/c12-10-5-9(14(16)17)2-1-8(10)6-13-11(7-15)3-4-11/h1-2,5,13,15H,3-4,6-7H2. The van der Waals surface area contributed by atoms with Crippen LogP contribution in [0.2, 0.25) is 5.02 Å². The molecule has 0 aliphatic heterocycles. The van der Waals surface area contributed by atoms with Gasteiger partial charge in [0.25, 0.3) is 5.69 Å². The van der Waals surface area contributed by atoms with E-state index in [1.165, 1.54) is 12.1 Å². The molecule has 0 radical (unpaired) electrons. The fourth-order valence-corrected chi connectivity index (χ4v) is 1.86. The number of rotatable bonds is 5. The summed E-state index contributed by atoms with van der Waals surface area (Å²) in [5.41, 5.74) is 0.629. The summed E-state index contributed by atoms with van der Waals surface area (Å²) in [5.74, 6) is 0. The third kappa shape index (κ3) is 2.74. The molecule has 0 atom stereocenters. The van der Waals surface area contributed by atoms with Crippen molar-refractivity contribution in [3.63, 3.8) is 0 Å². The molecule has 1 fully saturated rings. The number of aliphatic hydroxyl groups excluding tert-OH is 1. The molecule has 0 bridgehead atoms. The first kappa shape index (κ1) is 12.3. The van der Waals surface area contributed by atoms with Crippen LogP contribution in [0.1, 0.15) is 18.4 Å². The Balaban J connectivity index is 2.04. The van der Waals surface area contributed by atoms with E-state index in [0.29, 0.717) is 11.6 Å². The van der Waals surface area contributed by atoms with E-state index in [9.17, 15) is 10.1 Å². The molecule has 2 rings (SSSR count). The summed E-state index contributed by atoms with van der Waals surface area (Å²) in [5, 5.41) is 23.3. The summed E-state index contributed by atoms with van der Waals surface area (Å²) < 4.78 is 0. The predicted molar refractivity (Wildman–Crippen MR) is 64.0 cm³/mol. The summed E-state index contributed by atoms with van der Waals surface area (Å²) in [6, 6.07) is 4.42. The summed E-state index contributed by atoms with van der Waals surface area (Å²) in [6.45, 7) is 0.620. The van der Waals surface area contributed by atoms with E-state index in [4.69, 9.17) is 16.7 Å². The molecular weight excluding hydrogens is 244 g/mol. The fraction of sp³-hybridized carbons (Fsp3) is 0.455. The number of nitro groups is 1. The lowest BCUT2D eigenvalue weighted by atomic mass is 10.2. The van der Waals surface area contributed by atoms with Crippen LogP contribution in [0.25, 0.3) is 0 Å². The van der Waals surface area contributed by atoms with Crippen LogP contribution in [0.15, 0.2) is 18.2 Å². The Morgan fingerprint density at radius 3 is 2.71 bits per heavy atom. The Morgan fingerprint density at radius 1 is 1.53 bits per heavy atom. The van der Waals surface area contributed by atoms with Gasteiger partial charge in [0, 0.05) is 24.2 Å². The molecule has 1 aromatic carbocycles. The van der Waals surface area contributed by atoms with Crippen molar-refractivity contribution < 1.29 is 10.0 Å². The Kier molecular flexibility index (Phi) is 3.33. The largest absolute Gasteiger partial charge is 0.394 e. The number of hydrogen-bond donors (Lipinski definition) is 2. The smallest absolute Gasteiger partial charge is 0.270 e. The summed E-state index contributed by atoms with van der Waals surface area (Å²) in [4.78, 5) is 10.1. The minimum atomic E-state index is -0.473. The van der Waals surface area contributed by atoms with E-state index in [-0.39, 0.29) is 17.8 Å². The second-order valence-electron chi connectivity index (χ2n) is 4.32. The van der Waals surface area contributed by atoms with Crippen LogP contribution in [-0.4, -0.2) is 22.2 Å². The molecule has 1 saturated carbocycles. The van der Waals surface area contributed by atoms with E-state index in [0.717, 1.165) is 18.4 Å². The molecule has 1 aromatic rings. The van der Waals surface area contributed by atoms with Crippen LogP contribution in [0.3, 0.4) is 0 Å². The maximum absolute atomic E-state index is 10.5. The highest BCUT2D eigenvalue weighted by Gasteiger charge is 2.41. The number of nitrogens with zero attached hydrogens (tertiary/aromatic N) is 1. The molecule has 0 spiro atoms. The molecule has 0 aromatic heterocycles. The fourth-order valence-electron chi connectivity index (χ4n) is 1.62. The minimum Gasteiger partial charge on any atom is -0.394 e. The first-order chi connectivity index (χ1) is 8.06. The topological polar surface area (TPSA) is 75.4 Å². The monoisotopic (exact) mass is 256 g/mol. The highest BCUT2D eigenvalue weighted by molar-refractivity contribution is 6.31. The van der Waals surface area contributed by atoms with Crippen LogP contribution in [0, 0.1) is 10.1 Å². The van der Waals surface area contributed by atoms with Gasteiger partial charge < -0.3 is 10.4 Å². The highest BCUT2D eigenvalue weighted by Crippen LogP contribution is 2.35. The maximum Gasteiger partial charge on any atom is 0.270 e. The molecule has 92 valence electrons. The van der Waals surface area contributed by atoms with Crippen molar-refractivity contribution in [2.45, 2.75) is 24.9 Å². The molecular formula is C11H13ClN2O3. The number of nitro benzene ring substituents is 1. The number of aliphatic hydroxyl groups is 1. The number of halogens is 1. The average molecular weight is 257 g/mol. The van der Waals surface area contributed by atoms with Crippen molar-refractivity contribution in [3.05, 3.63) is 38.9 Å². The van der Waals surface area contributed by atoms with Gasteiger partial charge in [-0.05, 0) is 24.5 Å². The second-order valence-corrected chi connectivity index (χ2v) is 4.73. The van der Waals surface area contributed by atoms with Gasteiger partial charge in [0.1, 0.15) is 0 Å². The highest BCUT2D eigenvalue weighted by atomic mass is 35.5. The number of nitrogens with one attached hydrogen (secondary N) is 1. The maximum atomic E-state index is 10.5. The lowest BCUT2D eigenvalue weighted by Gasteiger charge is -2.14. The lowest BCUT2D eigenvalue weighted by Crippen LogP contribution is -2.34. The van der Waals surface area contributed by atoms with Crippen molar-refractivity contribution in [2.24, 2.45) is 0 Å². The van der Waals surface area contributed by atoms with Crippen molar-refractivity contribution in [1.29, 1.82) is 0 Å². The molecule has 6 heteroatoms. The van der Waals surface area contributed by atoms with Crippen LogP contribution in [0.4, 0.5) is 5.69 Å². The van der Waals surface area contributed by atoms with Crippen LogP contribution < -0.4 is 5.32 Å². The van der Waals surface area contributed by atoms with Gasteiger partial charge in [-0.3, -0.25) is 10.1 Å². The van der Waals surface area contributed by atoms with Gasteiger partial charge in [0.15, 0.2) is 0 Å². The Labute approximate surface area is 104 Å². The molecule has 0 saturated heterocycles. The Hall–Kier alpha value is -1.17. The van der Waals surface area contributed by atoms with E-state index in [2.05, 4.69) is 5.32 Å². The van der Waals surface area contributed by atoms with Crippen LogP contribution in [0.5, 0.6) is 0 Å². The van der Waals surface area contributed by atoms with E-state index in [1.54, 1.807) is 6.07 Å². The molecule has 17 heavy (non-hydrogen) atoms. The number of benzene rings is 1. The molecule has 0 heterocycles. The Bertz CT molecular complexity index is 446. The van der Waals surface area contributed by atoms with E-state index < -0.39 is 4.92 Å². The molecule has 1 aliphatic carbocycles. The van der Waals surface area contributed by atoms with Gasteiger partial charge in [-0.25, -0.2) is 0 Å². The second kappa shape index (κ2) is 4.60. The summed E-state index contributed by atoms with van der Waals surface area (Å²) in [6.07, 6.45) is 1.90. The zero-order valence-corrected chi connectivity index (χ0v) is 9.91. The zero-order chi connectivity index (χ0) is 12.5.